The quantitative estimate of drug-likeness (QED) is 0.230. The first-order valence-electron chi connectivity index (χ1n) is 13.9. The summed E-state index contributed by atoms with van der Waals surface area (Å²) in [7, 11) is 0. The van der Waals surface area contributed by atoms with Gasteiger partial charge in [-0.25, -0.2) is 0 Å². The van der Waals surface area contributed by atoms with Crippen molar-refractivity contribution in [2.24, 2.45) is 0 Å². The Morgan fingerprint density at radius 2 is 1.05 bits per heavy atom. The average Bonchev–Trinajstić information content (AvgIpc) is 3.28. The molecule has 0 saturated carbocycles. The molecule has 0 spiro atoms. The van der Waals surface area contributed by atoms with E-state index < -0.39 is 0 Å². The van der Waals surface area contributed by atoms with Gasteiger partial charge in [0.05, 0.1) is 5.69 Å². The number of hydrogen-bond acceptors (Lipinski definition) is 1. The van der Waals surface area contributed by atoms with Gasteiger partial charge in [-0.05, 0) is 91.7 Å². The van der Waals surface area contributed by atoms with E-state index in [0.29, 0.717) is 0 Å². The Bertz CT molecular complexity index is 1600. The van der Waals surface area contributed by atoms with Crippen LogP contribution in [0.1, 0.15) is 63.8 Å². The lowest BCUT2D eigenvalue weighted by Gasteiger charge is -2.30. The minimum Gasteiger partial charge on any atom is -0.310 e. The zero-order chi connectivity index (χ0) is 27.5. The van der Waals surface area contributed by atoms with Crippen molar-refractivity contribution in [3.8, 4) is 22.3 Å². The van der Waals surface area contributed by atoms with Crippen molar-refractivity contribution in [1.29, 1.82) is 0 Å². The van der Waals surface area contributed by atoms with Crippen LogP contribution >= 0.6 is 0 Å². The highest BCUT2D eigenvalue weighted by molar-refractivity contribution is 6.11. The van der Waals surface area contributed by atoms with E-state index in [9.17, 15) is 0 Å². The van der Waals surface area contributed by atoms with Crippen LogP contribution < -0.4 is 4.90 Å². The van der Waals surface area contributed by atoms with Crippen LogP contribution in [0.15, 0.2) is 110 Å². The van der Waals surface area contributed by atoms with Gasteiger partial charge in [0.25, 0.3) is 0 Å². The predicted octanol–water partition coefficient (Wildman–Crippen LogP) is 10.9. The molecule has 3 aliphatic carbocycles. The lowest BCUT2D eigenvalue weighted by molar-refractivity contribution is 0.590. The van der Waals surface area contributed by atoms with Crippen LogP contribution in [0.4, 0.5) is 17.1 Å². The minimum atomic E-state index is 0.101. The molecule has 0 saturated heterocycles. The van der Waals surface area contributed by atoms with Crippen molar-refractivity contribution in [3.05, 3.63) is 132 Å². The summed E-state index contributed by atoms with van der Waals surface area (Å²) < 4.78 is 0. The molecule has 3 aromatic rings. The summed E-state index contributed by atoms with van der Waals surface area (Å²) in [5, 5.41) is 0. The largest absolute Gasteiger partial charge is 0.310 e. The molecule has 0 radical (unpaired) electrons. The standard InChI is InChI=1S/C38H37N/c1-25-35-31-13-10-8-9-12-26(31)24-33(35)32-14-11-15-34(36(25)32)39(29-20-16-27(17-21-29)37(2,3)4)30-22-18-28(19-23-30)38(5,6)7/h8-24H,1H2,2-7H3. The summed E-state index contributed by atoms with van der Waals surface area (Å²) in [5.41, 5.74) is 15.0. The van der Waals surface area contributed by atoms with Gasteiger partial charge >= 0.3 is 0 Å². The molecule has 0 unspecified atom stereocenters. The Kier molecular flexibility index (Phi) is 5.81. The van der Waals surface area contributed by atoms with Crippen LogP contribution in [-0.4, -0.2) is 0 Å². The van der Waals surface area contributed by atoms with Gasteiger partial charge in [0.2, 0.25) is 0 Å². The molecular weight excluding hydrogens is 470 g/mol. The second kappa shape index (κ2) is 8.99. The van der Waals surface area contributed by atoms with Crippen molar-refractivity contribution in [2.75, 3.05) is 4.90 Å². The Balaban J connectivity index is 1.55. The SMILES string of the molecule is C=C1c2c3cccccc-3cc2-c2cccc(N(c3ccc(C(C)(C)C)cc3)c3ccc(C(C)(C)C)cc3)c21. The second-order valence-corrected chi connectivity index (χ2v) is 12.8. The molecule has 39 heavy (non-hydrogen) atoms. The van der Waals surface area contributed by atoms with E-state index in [4.69, 9.17) is 0 Å². The summed E-state index contributed by atoms with van der Waals surface area (Å²) in [6.45, 7) is 18.3. The monoisotopic (exact) mass is 507 g/mol. The molecule has 0 aromatic heterocycles. The lowest BCUT2D eigenvalue weighted by atomic mass is 9.86. The van der Waals surface area contributed by atoms with E-state index in [1.807, 2.05) is 0 Å². The fraction of sp³-hybridized carbons (Fsp3) is 0.211. The zero-order valence-corrected chi connectivity index (χ0v) is 24.0. The molecule has 0 amide bonds. The van der Waals surface area contributed by atoms with Crippen LogP contribution in [-0.2, 0) is 10.8 Å². The summed E-state index contributed by atoms with van der Waals surface area (Å²) >= 11 is 0. The summed E-state index contributed by atoms with van der Waals surface area (Å²) in [6.07, 6.45) is 0. The highest BCUT2D eigenvalue weighted by Gasteiger charge is 2.32. The molecule has 3 aromatic carbocycles. The van der Waals surface area contributed by atoms with Gasteiger partial charge in [0, 0.05) is 16.9 Å². The maximum atomic E-state index is 4.68. The van der Waals surface area contributed by atoms with Gasteiger partial charge < -0.3 is 4.90 Å². The topological polar surface area (TPSA) is 3.24 Å². The highest BCUT2D eigenvalue weighted by Crippen LogP contribution is 2.54. The Hall–Kier alpha value is -4.10. The molecule has 0 aliphatic heterocycles. The third kappa shape index (κ3) is 4.27. The number of nitrogens with zero attached hydrogens (tertiary/aromatic N) is 1. The fourth-order valence-electron chi connectivity index (χ4n) is 5.87. The van der Waals surface area contributed by atoms with Crippen molar-refractivity contribution < 1.29 is 0 Å². The van der Waals surface area contributed by atoms with Crippen LogP contribution in [0.5, 0.6) is 0 Å². The number of rotatable bonds is 3. The first-order valence-corrected chi connectivity index (χ1v) is 13.9. The molecule has 0 bridgehead atoms. The summed E-state index contributed by atoms with van der Waals surface area (Å²) in [6, 6.07) is 37.9. The van der Waals surface area contributed by atoms with Crippen molar-refractivity contribution in [2.45, 2.75) is 52.4 Å². The lowest BCUT2D eigenvalue weighted by Crippen LogP contribution is -2.15. The van der Waals surface area contributed by atoms with Crippen molar-refractivity contribution in [3.63, 3.8) is 0 Å². The molecule has 0 atom stereocenters. The number of hydrogen-bond donors (Lipinski definition) is 0. The molecule has 0 heterocycles. The van der Waals surface area contributed by atoms with Crippen molar-refractivity contribution in [1.82, 2.24) is 0 Å². The maximum Gasteiger partial charge on any atom is 0.0546 e. The third-order valence-electron chi connectivity index (χ3n) is 8.07. The molecular formula is C38H37N. The molecule has 1 heteroatoms. The first-order chi connectivity index (χ1) is 18.5. The van der Waals surface area contributed by atoms with Gasteiger partial charge in [-0.3, -0.25) is 0 Å². The van der Waals surface area contributed by atoms with Crippen LogP contribution in [0.2, 0.25) is 0 Å². The first kappa shape index (κ1) is 25.2. The molecule has 6 rings (SSSR count). The van der Waals surface area contributed by atoms with Crippen LogP contribution in [0, 0.1) is 0 Å². The average molecular weight is 508 g/mol. The number of benzene rings is 3. The Labute approximate surface area is 233 Å². The van der Waals surface area contributed by atoms with Gasteiger partial charge in [0.1, 0.15) is 0 Å². The number of fused-ring (bicyclic) bond motifs is 5. The van der Waals surface area contributed by atoms with Gasteiger partial charge in [-0.2, -0.15) is 0 Å². The molecule has 194 valence electrons. The third-order valence-corrected chi connectivity index (χ3v) is 8.07. The molecule has 0 fully saturated rings. The van der Waals surface area contributed by atoms with E-state index in [1.54, 1.807) is 0 Å². The Morgan fingerprint density at radius 1 is 0.513 bits per heavy atom. The van der Waals surface area contributed by atoms with E-state index in [-0.39, 0.29) is 10.8 Å². The van der Waals surface area contributed by atoms with Crippen molar-refractivity contribution >= 4 is 22.6 Å². The summed E-state index contributed by atoms with van der Waals surface area (Å²) in [5.74, 6) is 0. The molecule has 3 aliphatic rings. The van der Waals surface area contributed by atoms with Gasteiger partial charge in [-0.15, -0.1) is 0 Å². The summed E-state index contributed by atoms with van der Waals surface area (Å²) in [4.78, 5) is 2.40. The fourth-order valence-corrected chi connectivity index (χ4v) is 5.87. The van der Waals surface area contributed by atoms with Gasteiger partial charge in [0.15, 0.2) is 0 Å². The second-order valence-electron chi connectivity index (χ2n) is 12.8. The molecule has 0 N–H and O–H groups in total. The zero-order valence-electron chi connectivity index (χ0n) is 24.0. The van der Waals surface area contributed by atoms with E-state index >= 15 is 0 Å². The minimum absolute atomic E-state index is 0.101. The maximum absolute atomic E-state index is 4.68. The number of anilines is 3. The van der Waals surface area contributed by atoms with E-state index in [0.717, 1.165) is 22.6 Å². The smallest absolute Gasteiger partial charge is 0.0546 e. The predicted molar refractivity (Wildman–Crippen MR) is 169 cm³/mol. The van der Waals surface area contributed by atoms with Crippen LogP contribution in [0.3, 0.4) is 0 Å². The van der Waals surface area contributed by atoms with E-state index in [1.165, 1.54) is 44.5 Å². The Morgan fingerprint density at radius 3 is 1.62 bits per heavy atom. The van der Waals surface area contributed by atoms with Crippen LogP contribution in [0.25, 0.3) is 27.8 Å². The highest BCUT2D eigenvalue weighted by atomic mass is 15.1. The van der Waals surface area contributed by atoms with Gasteiger partial charge in [-0.1, -0.05) is 115 Å². The van der Waals surface area contributed by atoms with E-state index in [2.05, 4.69) is 156 Å². The molecule has 1 nitrogen and oxygen atoms in total. The normalized spacial score (nSPS) is 12.9.